The molecule has 2 amide bonds. The summed E-state index contributed by atoms with van der Waals surface area (Å²) in [6.45, 7) is 2.26. The molecule has 1 aliphatic heterocycles. The van der Waals surface area contributed by atoms with Gasteiger partial charge in [-0.25, -0.2) is 4.98 Å². The van der Waals surface area contributed by atoms with Gasteiger partial charge in [0.25, 0.3) is 5.91 Å². The van der Waals surface area contributed by atoms with Crippen molar-refractivity contribution in [1.82, 2.24) is 19.8 Å². The summed E-state index contributed by atoms with van der Waals surface area (Å²) in [6.07, 6.45) is 5.29. The van der Waals surface area contributed by atoms with Gasteiger partial charge in [-0.3, -0.25) is 14.6 Å². The summed E-state index contributed by atoms with van der Waals surface area (Å²) < 4.78 is 0. The third-order valence-electron chi connectivity index (χ3n) is 2.53. The number of carbonyl (C=O) groups excluding carboxylic acids is 2. The van der Waals surface area contributed by atoms with Crippen molar-refractivity contribution in [3.63, 3.8) is 0 Å². The lowest BCUT2D eigenvalue weighted by Gasteiger charge is -2.32. The fourth-order valence-corrected chi connectivity index (χ4v) is 1.60. The number of hydrogen-bond donors (Lipinski definition) is 0. The average molecular weight is 220 g/mol. The van der Waals surface area contributed by atoms with Crippen LogP contribution in [0.15, 0.2) is 18.6 Å². The second-order valence-electron chi connectivity index (χ2n) is 3.52. The number of nitrogens with zero attached hydrogens (tertiary/aromatic N) is 4. The first-order valence-corrected chi connectivity index (χ1v) is 5.06. The molecular formula is C10H12N4O2. The van der Waals surface area contributed by atoms with Gasteiger partial charge in [0.05, 0.1) is 6.20 Å². The van der Waals surface area contributed by atoms with Crippen LogP contribution >= 0.6 is 0 Å². The van der Waals surface area contributed by atoms with Gasteiger partial charge in [0.1, 0.15) is 5.69 Å². The summed E-state index contributed by atoms with van der Waals surface area (Å²) in [6, 6.07) is 0. The minimum Gasteiger partial charge on any atom is -0.342 e. The highest BCUT2D eigenvalue weighted by Gasteiger charge is 2.21. The zero-order chi connectivity index (χ0) is 11.4. The Morgan fingerprint density at radius 1 is 1.25 bits per heavy atom. The van der Waals surface area contributed by atoms with Gasteiger partial charge in [-0.05, 0) is 0 Å². The Morgan fingerprint density at radius 2 is 2.00 bits per heavy atom. The highest BCUT2D eigenvalue weighted by Crippen LogP contribution is 2.04. The Labute approximate surface area is 92.9 Å². The van der Waals surface area contributed by atoms with Crippen molar-refractivity contribution in [2.24, 2.45) is 0 Å². The molecule has 0 atom stereocenters. The maximum Gasteiger partial charge on any atom is 0.274 e. The molecule has 6 nitrogen and oxygen atoms in total. The van der Waals surface area contributed by atoms with Crippen molar-refractivity contribution in [3.8, 4) is 0 Å². The van der Waals surface area contributed by atoms with E-state index in [1.54, 1.807) is 9.80 Å². The normalized spacial score (nSPS) is 16.0. The number of amides is 2. The second kappa shape index (κ2) is 4.69. The third-order valence-corrected chi connectivity index (χ3v) is 2.53. The van der Waals surface area contributed by atoms with Crippen molar-refractivity contribution in [3.05, 3.63) is 24.3 Å². The Hall–Kier alpha value is -1.98. The predicted octanol–water partition coefficient (Wildman–Crippen LogP) is -0.609. The summed E-state index contributed by atoms with van der Waals surface area (Å²) in [7, 11) is 0. The van der Waals surface area contributed by atoms with E-state index in [0.29, 0.717) is 31.9 Å². The molecule has 84 valence electrons. The van der Waals surface area contributed by atoms with Crippen molar-refractivity contribution in [1.29, 1.82) is 0 Å². The molecule has 0 N–H and O–H groups in total. The van der Waals surface area contributed by atoms with Crippen LogP contribution in [0.4, 0.5) is 0 Å². The second-order valence-corrected chi connectivity index (χ2v) is 3.52. The van der Waals surface area contributed by atoms with Crippen LogP contribution in [0, 0.1) is 0 Å². The van der Waals surface area contributed by atoms with Crippen LogP contribution in [-0.4, -0.2) is 58.3 Å². The lowest BCUT2D eigenvalue weighted by atomic mass is 10.3. The summed E-state index contributed by atoms with van der Waals surface area (Å²) in [4.78, 5) is 33.6. The number of piperazine rings is 1. The first kappa shape index (κ1) is 10.5. The lowest BCUT2D eigenvalue weighted by Crippen LogP contribution is -2.48. The van der Waals surface area contributed by atoms with Gasteiger partial charge >= 0.3 is 0 Å². The molecule has 1 saturated heterocycles. The Balaban J connectivity index is 1.99. The Kier molecular flexibility index (Phi) is 3.09. The molecule has 1 fully saturated rings. The van der Waals surface area contributed by atoms with E-state index < -0.39 is 0 Å². The molecule has 0 saturated carbocycles. The first-order chi connectivity index (χ1) is 7.81. The maximum atomic E-state index is 11.9. The molecule has 0 bridgehead atoms. The van der Waals surface area contributed by atoms with E-state index in [9.17, 15) is 9.59 Å². The number of aromatic nitrogens is 2. The van der Waals surface area contributed by atoms with Crippen molar-refractivity contribution in [2.45, 2.75) is 0 Å². The highest BCUT2D eigenvalue weighted by molar-refractivity contribution is 5.92. The molecule has 2 heterocycles. The molecule has 1 aliphatic rings. The van der Waals surface area contributed by atoms with E-state index in [1.807, 2.05) is 0 Å². The fraction of sp³-hybridized carbons (Fsp3) is 0.400. The average Bonchev–Trinajstić information content (AvgIpc) is 2.39. The van der Waals surface area contributed by atoms with Gasteiger partial charge in [-0.2, -0.15) is 0 Å². The molecule has 1 aromatic rings. The molecule has 0 aromatic carbocycles. The number of rotatable bonds is 2. The van der Waals surface area contributed by atoms with Crippen LogP contribution in [0.1, 0.15) is 10.5 Å². The quantitative estimate of drug-likeness (QED) is 0.624. The van der Waals surface area contributed by atoms with Crippen LogP contribution < -0.4 is 0 Å². The van der Waals surface area contributed by atoms with Crippen molar-refractivity contribution >= 4 is 12.3 Å². The van der Waals surface area contributed by atoms with Crippen LogP contribution in [0.3, 0.4) is 0 Å². The lowest BCUT2D eigenvalue weighted by molar-refractivity contribution is -0.119. The molecule has 0 aliphatic carbocycles. The van der Waals surface area contributed by atoms with Gasteiger partial charge in [0.2, 0.25) is 6.41 Å². The first-order valence-electron chi connectivity index (χ1n) is 5.06. The molecule has 1 aromatic heterocycles. The van der Waals surface area contributed by atoms with E-state index in [1.165, 1.54) is 18.6 Å². The van der Waals surface area contributed by atoms with Gasteiger partial charge < -0.3 is 9.80 Å². The van der Waals surface area contributed by atoms with E-state index >= 15 is 0 Å². The van der Waals surface area contributed by atoms with E-state index in [2.05, 4.69) is 9.97 Å². The molecule has 0 unspecified atom stereocenters. The molecule has 6 heteroatoms. The maximum absolute atomic E-state index is 11.9. The van der Waals surface area contributed by atoms with Crippen LogP contribution in [0.2, 0.25) is 0 Å². The molecule has 2 rings (SSSR count). The van der Waals surface area contributed by atoms with Crippen LogP contribution in [0.25, 0.3) is 0 Å². The van der Waals surface area contributed by atoms with Crippen LogP contribution in [-0.2, 0) is 4.79 Å². The summed E-state index contributed by atoms with van der Waals surface area (Å²) in [5, 5.41) is 0. The monoisotopic (exact) mass is 220 g/mol. The molecule has 0 radical (unpaired) electrons. The summed E-state index contributed by atoms with van der Waals surface area (Å²) in [5.41, 5.74) is 0.349. The smallest absolute Gasteiger partial charge is 0.274 e. The zero-order valence-electron chi connectivity index (χ0n) is 8.74. The fourth-order valence-electron chi connectivity index (χ4n) is 1.60. The Bertz CT molecular complexity index is 374. The van der Waals surface area contributed by atoms with Crippen molar-refractivity contribution < 1.29 is 9.59 Å². The van der Waals surface area contributed by atoms with Gasteiger partial charge in [0.15, 0.2) is 0 Å². The third kappa shape index (κ3) is 2.16. The molecule has 0 spiro atoms. The molecule has 16 heavy (non-hydrogen) atoms. The van der Waals surface area contributed by atoms with Crippen molar-refractivity contribution in [2.75, 3.05) is 26.2 Å². The van der Waals surface area contributed by atoms with E-state index in [0.717, 1.165) is 6.41 Å². The van der Waals surface area contributed by atoms with Crippen LogP contribution in [0.5, 0.6) is 0 Å². The van der Waals surface area contributed by atoms with E-state index in [-0.39, 0.29) is 5.91 Å². The zero-order valence-corrected chi connectivity index (χ0v) is 8.74. The van der Waals surface area contributed by atoms with Gasteiger partial charge in [0, 0.05) is 38.6 Å². The summed E-state index contributed by atoms with van der Waals surface area (Å²) >= 11 is 0. The standard InChI is InChI=1S/C10H12N4O2/c15-8-13-3-5-14(6-4-13)10(16)9-7-11-1-2-12-9/h1-2,7-8H,3-6H2. The van der Waals surface area contributed by atoms with Gasteiger partial charge in [-0.15, -0.1) is 0 Å². The highest BCUT2D eigenvalue weighted by atomic mass is 16.2. The number of hydrogen-bond acceptors (Lipinski definition) is 4. The topological polar surface area (TPSA) is 66.4 Å². The van der Waals surface area contributed by atoms with E-state index in [4.69, 9.17) is 0 Å². The minimum absolute atomic E-state index is 0.126. The number of carbonyl (C=O) groups is 2. The largest absolute Gasteiger partial charge is 0.342 e. The SMILES string of the molecule is O=CN1CCN(C(=O)c2cnccn2)CC1. The van der Waals surface area contributed by atoms with Gasteiger partial charge in [-0.1, -0.05) is 0 Å². The minimum atomic E-state index is -0.126. The molecular weight excluding hydrogens is 208 g/mol. The summed E-state index contributed by atoms with van der Waals surface area (Å²) in [5.74, 6) is -0.126. The predicted molar refractivity (Wildman–Crippen MR) is 55.6 cm³/mol. The Morgan fingerprint density at radius 3 is 2.56 bits per heavy atom.